The number of anilines is 1. The van der Waals surface area contributed by atoms with E-state index in [-0.39, 0.29) is 15.9 Å². The molecule has 1 heterocycles. The number of hydrogen-bond donors (Lipinski definition) is 2. The Morgan fingerprint density at radius 2 is 1.32 bits per heavy atom. The van der Waals surface area contributed by atoms with Crippen LogP contribution in [-0.4, -0.2) is 36.8 Å². The Bertz CT molecular complexity index is 1190. The van der Waals surface area contributed by atoms with Gasteiger partial charge in [-0.05, 0) is 60.5 Å². The second kappa shape index (κ2) is 10.9. The molecule has 176 valence electrons. The van der Waals surface area contributed by atoms with E-state index < -0.39 is 15.9 Å². The normalized spacial score (nSPS) is 14.5. The molecule has 1 aliphatic heterocycles. The third-order valence-corrected chi connectivity index (χ3v) is 7.95. The summed E-state index contributed by atoms with van der Waals surface area (Å²) in [6.45, 7) is 1.12. The Balaban J connectivity index is 1.44. The van der Waals surface area contributed by atoms with E-state index in [4.69, 9.17) is 12.2 Å². The van der Waals surface area contributed by atoms with Crippen LogP contribution in [0.4, 0.5) is 5.69 Å². The molecule has 4 rings (SSSR count). The maximum absolute atomic E-state index is 13.2. The van der Waals surface area contributed by atoms with Crippen molar-refractivity contribution in [2.45, 2.75) is 30.1 Å². The van der Waals surface area contributed by atoms with Gasteiger partial charge < -0.3 is 10.6 Å². The van der Waals surface area contributed by atoms with Crippen LogP contribution in [0.3, 0.4) is 0 Å². The van der Waals surface area contributed by atoms with Crippen LogP contribution in [0.2, 0.25) is 0 Å². The summed E-state index contributed by atoms with van der Waals surface area (Å²) >= 11 is 5.37. The van der Waals surface area contributed by atoms with Crippen molar-refractivity contribution in [2.24, 2.45) is 0 Å². The topological polar surface area (TPSA) is 78.5 Å². The standard InChI is InChI=1S/C26H27N3O3S2/c30-25(24(20-10-4-1-5-11-20)21-12-6-2-7-13-21)28-26(33)27-22-14-16-23(17-15-22)34(31,32)29-18-8-3-9-19-29/h1-2,4-7,10-17,24H,3,8-9,18-19H2,(H2,27,28,30,33). The van der Waals surface area contributed by atoms with Gasteiger partial charge in [-0.25, -0.2) is 8.42 Å². The molecular weight excluding hydrogens is 466 g/mol. The summed E-state index contributed by atoms with van der Waals surface area (Å²) in [5, 5.41) is 5.90. The van der Waals surface area contributed by atoms with E-state index in [2.05, 4.69) is 10.6 Å². The van der Waals surface area contributed by atoms with Gasteiger partial charge in [-0.2, -0.15) is 4.31 Å². The van der Waals surface area contributed by atoms with Gasteiger partial charge in [0.05, 0.1) is 10.8 Å². The average molecular weight is 494 g/mol. The summed E-state index contributed by atoms with van der Waals surface area (Å²) in [5.41, 5.74) is 2.32. The predicted molar refractivity (Wildman–Crippen MR) is 138 cm³/mol. The molecule has 3 aromatic carbocycles. The summed E-state index contributed by atoms with van der Waals surface area (Å²) in [6, 6.07) is 25.5. The molecule has 0 bridgehead atoms. The van der Waals surface area contributed by atoms with Gasteiger partial charge in [0.2, 0.25) is 15.9 Å². The van der Waals surface area contributed by atoms with Crippen molar-refractivity contribution in [3.63, 3.8) is 0 Å². The Labute approximate surface area is 206 Å². The lowest BCUT2D eigenvalue weighted by atomic mass is 9.90. The van der Waals surface area contributed by atoms with Crippen LogP contribution < -0.4 is 10.6 Å². The van der Waals surface area contributed by atoms with Crippen LogP contribution in [0.15, 0.2) is 89.8 Å². The smallest absolute Gasteiger partial charge is 0.243 e. The summed E-state index contributed by atoms with van der Waals surface area (Å²) in [4.78, 5) is 13.4. The highest BCUT2D eigenvalue weighted by Crippen LogP contribution is 2.25. The van der Waals surface area contributed by atoms with Crippen LogP contribution in [0.25, 0.3) is 0 Å². The Morgan fingerprint density at radius 3 is 1.85 bits per heavy atom. The molecule has 3 aromatic rings. The highest BCUT2D eigenvalue weighted by atomic mass is 32.2. The lowest BCUT2D eigenvalue weighted by Crippen LogP contribution is -2.38. The highest BCUT2D eigenvalue weighted by Gasteiger charge is 2.26. The summed E-state index contributed by atoms with van der Waals surface area (Å²) < 4.78 is 27.2. The predicted octanol–water partition coefficient (Wildman–Crippen LogP) is 4.51. The number of sulfonamides is 1. The fourth-order valence-electron chi connectivity index (χ4n) is 4.10. The number of hydrogen-bond acceptors (Lipinski definition) is 4. The molecule has 0 aromatic heterocycles. The second-order valence-electron chi connectivity index (χ2n) is 8.19. The van der Waals surface area contributed by atoms with Crippen molar-refractivity contribution in [1.29, 1.82) is 0 Å². The monoisotopic (exact) mass is 493 g/mol. The number of carbonyl (C=O) groups excluding carboxylic acids is 1. The molecular formula is C26H27N3O3S2. The third-order valence-electron chi connectivity index (χ3n) is 5.83. The molecule has 8 heteroatoms. The van der Waals surface area contributed by atoms with Crippen molar-refractivity contribution in [3.05, 3.63) is 96.1 Å². The Morgan fingerprint density at radius 1 is 0.794 bits per heavy atom. The number of thiocarbonyl (C=S) groups is 1. The van der Waals surface area contributed by atoms with Crippen molar-refractivity contribution in [3.8, 4) is 0 Å². The minimum Gasteiger partial charge on any atom is -0.332 e. The molecule has 34 heavy (non-hydrogen) atoms. The van der Waals surface area contributed by atoms with Gasteiger partial charge in [0, 0.05) is 18.8 Å². The van der Waals surface area contributed by atoms with Crippen LogP contribution >= 0.6 is 12.2 Å². The molecule has 0 atom stereocenters. The van der Waals surface area contributed by atoms with Crippen LogP contribution in [0, 0.1) is 0 Å². The van der Waals surface area contributed by atoms with Crippen LogP contribution in [0.5, 0.6) is 0 Å². The number of nitrogens with zero attached hydrogens (tertiary/aromatic N) is 1. The highest BCUT2D eigenvalue weighted by molar-refractivity contribution is 7.89. The number of carbonyl (C=O) groups is 1. The van der Waals surface area contributed by atoms with Gasteiger partial charge in [-0.1, -0.05) is 67.1 Å². The minimum absolute atomic E-state index is 0.147. The van der Waals surface area contributed by atoms with Crippen LogP contribution in [-0.2, 0) is 14.8 Å². The molecule has 0 spiro atoms. The van der Waals surface area contributed by atoms with Gasteiger partial charge in [0.1, 0.15) is 0 Å². The Kier molecular flexibility index (Phi) is 7.72. The van der Waals surface area contributed by atoms with Gasteiger partial charge in [0.25, 0.3) is 0 Å². The third kappa shape index (κ3) is 5.70. The molecule has 1 fully saturated rings. The molecule has 0 unspecified atom stereocenters. The van der Waals surface area contributed by atoms with E-state index in [0.717, 1.165) is 30.4 Å². The molecule has 1 aliphatic rings. The van der Waals surface area contributed by atoms with Crippen molar-refractivity contribution >= 4 is 38.9 Å². The zero-order chi connectivity index (χ0) is 24.0. The van der Waals surface area contributed by atoms with Gasteiger partial charge in [-0.3, -0.25) is 4.79 Å². The number of rotatable bonds is 6. The zero-order valence-electron chi connectivity index (χ0n) is 18.7. The number of nitrogens with one attached hydrogen (secondary N) is 2. The molecule has 0 saturated carbocycles. The molecule has 1 saturated heterocycles. The average Bonchev–Trinajstić information content (AvgIpc) is 2.86. The largest absolute Gasteiger partial charge is 0.332 e. The van der Waals surface area contributed by atoms with E-state index in [1.165, 1.54) is 4.31 Å². The van der Waals surface area contributed by atoms with E-state index in [1.807, 2.05) is 60.7 Å². The number of benzene rings is 3. The van der Waals surface area contributed by atoms with E-state index in [9.17, 15) is 13.2 Å². The van der Waals surface area contributed by atoms with E-state index in [0.29, 0.717) is 18.8 Å². The second-order valence-corrected chi connectivity index (χ2v) is 10.5. The molecule has 0 radical (unpaired) electrons. The summed E-state index contributed by atoms with van der Waals surface area (Å²) in [5.74, 6) is -0.765. The fourth-order valence-corrected chi connectivity index (χ4v) is 5.83. The fraction of sp³-hybridized carbons (Fsp3) is 0.231. The first kappa shape index (κ1) is 24.1. The number of piperidine rings is 1. The lowest BCUT2D eigenvalue weighted by Gasteiger charge is -2.25. The van der Waals surface area contributed by atoms with Crippen molar-refractivity contribution in [1.82, 2.24) is 9.62 Å². The first-order valence-corrected chi connectivity index (χ1v) is 13.1. The maximum atomic E-state index is 13.2. The molecule has 1 amide bonds. The first-order chi connectivity index (χ1) is 16.4. The summed E-state index contributed by atoms with van der Waals surface area (Å²) in [7, 11) is -3.50. The Hall–Kier alpha value is -3.07. The zero-order valence-corrected chi connectivity index (χ0v) is 20.3. The van der Waals surface area contributed by atoms with E-state index in [1.54, 1.807) is 24.3 Å². The van der Waals surface area contributed by atoms with Crippen molar-refractivity contribution < 1.29 is 13.2 Å². The van der Waals surface area contributed by atoms with Gasteiger partial charge in [0.15, 0.2) is 5.11 Å². The SMILES string of the molecule is O=C(NC(=S)Nc1ccc(S(=O)(=O)N2CCCCC2)cc1)C(c1ccccc1)c1ccccc1. The van der Waals surface area contributed by atoms with E-state index >= 15 is 0 Å². The van der Waals surface area contributed by atoms with Gasteiger partial charge in [-0.15, -0.1) is 0 Å². The van der Waals surface area contributed by atoms with Gasteiger partial charge >= 0.3 is 0 Å². The molecule has 2 N–H and O–H groups in total. The molecule has 6 nitrogen and oxygen atoms in total. The number of amides is 1. The quantitative estimate of drug-likeness (QED) is 0.494. The first-order valence-electron chi connectivity index (χ1n) is 11.3. The lowest BCUT2D eigenvalue weighted by molar-refractivity contribution is -0.120. The van der Waals surface area contributed by atoms with Crippen molar-refractivity contribution in [2.75, 3.05) is 18.4 Å². The maximum Gasteiger partial charge on any atom is 0.243 e. The molecule has 0 aliphatic carbocycles. The minimum atomic E-state index is -3.50. The van der Waals surface area contributed by atoms with Crippen LogP contribution in [0.1, 0.15) is 36.3 Å². The summed E-state index contributed by atoms with van der Waals surface area (Å²) in [6.07, 6.45) is 2.84.